The Labute approximate surface area is 129 Å². The lowest BCUT2D eigenvalue weighted by atomic mass is 10.1. The van der Waals surface area contributed by atoms with Gasteiger partial charge in [-0.3, -0.25) is 0 Å². The number of rotatable bonds is 5. The van der Waals surface area contributed by atoms with Gasteiger partial charge in [-0.1, -0.05) is 35.9 Å². The van der Waals surface area contributed by atoms with Gasteiger partial charge in [0.15, 0.2) is 0 Å². The van der Waals surface area contributed by atoms with E-state index in [4.69, 9.17) is 21.1 Å². The molecule has 1 aliphatic rings. The van der Waals surface area contributed by atoms with Crippen molar-refractivity contribution in [2.75, 3.05) is 13.7 Å². The molecule has 1 N–H and O–H groups in total. The van der Waals surface area contributed by atoms with Crippen LogP contribution in [0.5, 0.6) is 11.5 Å². The van der Waals surface area contributed by atoms with Crippen molar-refractivity contribution < 1.29 is 9.47 Å². The van der Waals surface area contributed by atoms with Crippen molar-refractivity contribution in [2.45, 2.75) is 19.1 Å². The topological polar surface area (TPSA) is 30.5 Å². The van der Waals surface area contributed by atoms with Gasteiger partial charge in [0.2, 0.25) is 0 Å². The standard InChI is InChI=1S/C17H18ClNO2/c1-19-10-14-15(18)6-4-8-17(14)20-11-13-9-12-5-2-3-7-16(12)21-13/h2-8,13,19H,9-11H2,1H3. The molecule has 110 valence electrons. The van der Waals surface area contributed by atoms with Gasteiger partial charge in [-0.25, -0.2) is 0 Å². The molecule has 0 saturated carbocycles. The van der Waals surface area contributed by atoms with Gasteiger partial charge in [0.05, 0.1) is 0 Å². The number of fused-ring (bicyclic) bond motifs is 1. The predicted octanol–water partition coefficient (Wildman–Crippen LogP) is 3.44. The summed E-state index contributed by atoms with van der Waals surface area (Å²) in [5.74, 6) is 1.78. The summed E-state index contributed by atoms with van der Waals surface area (Å²) in [6.45, 7) is 1.20. The molecule has 0 saturated heterocycles. The van der Waals surface area contributed by atoms with Crippen LogP contribution in [0.4, 0.5) is 0 Å². The second-order valence-electron chi connectivity index (χ2n) is 5.11. The van der Waals surface area contributed by atoms with E-state index in [1.807, 2.05) is 43.4 Å². The first-order valence-electron chi connectivity index (χ1n) is 7.07. The molecule has 4 heteroatoms. The highest BCUT2D eigenvalue weighted by molar-refractivity contribution is 6.31. The number of hydrogen-bond donors (Lipinski definition) is 1. The van der Waals surface area contributed by atoms with E-state index in [2.05, 4.69) is 11.4 Å². The van der Waals surface area contributed by atoms with Gasteiger partial charge in [0.25, 0.3) is 0 Å². The third-order valence-electron chi connectivity index (χ3n) is 3.57. The highest BCUT2D eigenvalue weighted by Crippen LogP contribution is 2.30. The van der Waals surface area contributed by atoms with Crippen LogP contribution < -0.4 is 14.8 Å². The fraction of sp³-hybridized carbons (Fsp3) is 0.294. The highest BCUT2D eigenvalue weighted by Gasteiger charge is 2.23. The van der Waals surface area contributed by atoms with E-state index in [0.29, 0.717) is 13.2 Å². The van der Waals surface area contributed by atoms with Crippen LogP contribution in [0.3, 0.4) is 0 Å². The molecule has 1 atom stereocenters. The van der Waals surface area contributed by atoms with Gasteiger partial charge in [0.1, 0.15) is 24.2 Å². The molecule has 21 heavy (non-hydrogen) atoms. The SMILES string of the molecule is CNCc1c(Cl)cccc1OCC1Cc2ccccc2O1. The van der Waals surface area contributed by atoms with Crippen LogP contribution in [-0.4, -0.2) is 19.8 Å². The van der Waals surface area contributed by atoms with Gasteiger partial charge in [0, 0.05) is 23.6 Å². The Morgan fingerprint density at radius 3 is 2.90 bits per heavy atom. The smallest absolute Gasteiger partial charge is 0.137 e. The summed E-state index contributed by atoms with van der Waals surface area (Å²) in [5.41, 5.74) is 2.23. The van der Waals surface area contributed by atoms with Crippen molar-refractivity contribution in [3.8, 4) is 11.5 Å². The lowest BCUT2D eigenvalue weighted by Gasteiger charge is -2.16. The summed E-state index contributed by atoms with van der Waals surface area (Å²) in [6, 6.07) is 13.9. The minimum absolute atomic E-state index is 0.0591. The molecule has 2 aromatic rings. The number of halogens is 1. The molecule has 1 unspecified atom stereocenters. The molecule has 3 nitrogen and oxygen atoms in total. The summed E-state index contributed by atoms with van der Waals surface area (Å²) >= 11 is 6.23. The average Bonchev–Trinajstić information content (AvgIpc) is 2.91. The summed E-state index contributed by atoms with van der Waals surface area (Å²) in [4.78, 5) is 0. The van der Waals surface area contributed by atoms with E-state index in [1.54, 1.807) is 0 Å². The second kappa shape index (κ2) is 6.37. The van der Waals surface area contributed by atoms with Crippen LogP contribution in [0.15, 0.2) is 42.5 Å². The maximum Gasteiger partial charge on any atom is 0.137 e. The molecule has 0 aliphatic carbocycles. The molecule has 0 aromatic heterocycles. The lowest BCUT2D eigenvalue weighted by Crippen LogP contribution is -2.23. The Hall–Kier alpha value is -1.71. The lowest BCUT2D eigenvalue weighted by molar-refractivity contribution is 0.147. The molecular weight excluding hydrogens is 286 g/mol. The van der Waals surface area contributed by atoms with Crippen molar-refractivity contribution in [1.82, 2.24) is 5.32 Å². The number of hydrogen-bond acceptors (Lipinski definition) is 3. The molecule has 0 radical (unpaired) electrons. The average molecular weight is 304 g/mol. The molecule has 0 fully saturated rings. The molecular formula is C17H18ClNO2. The van der Waals surface area contributed by atoms with Crippen LogP contribution >= 0.6 is 11.6 Å². The van der Waals surface area contributed by atoms with Crippen LogP contribution in [-0.2, 0) is 13.0 Å². The van der Waals surface area contributed by atoms with Crippen molar-refractivity contribution >= 4 is 11.6 Å². The van der Waals surface area contributed by atoms with Crippen molar-refractivity contribution in [2.24, 2.45) is 0 Å². The monoisotopic (exact) mass is 303 g/mol. The van der Waals surface area contributed by atoms with Gasteiger partial charge in [-0.15, -0.1) is 0 Å². The highest BCUT2D eigenvalue weighted by atomic mass is 35.5. The Balaban J connectivity index is 1.66. The maximum atomic E-state index is 6.23. The van der Waals surface area contributed by atoms with Gasteiger partial charge in [-0.05, 0) is 30.8 Å². The van der Waals surface area contributed by atoms with Gasteiger partial charge < -0.3 is 14.8 Å². The number of nitrogens with one attached hydrogen (secondary N) is 1. The fourth-order valence-corrected chi connectivity index (χ4v) is 2.78. The molecule has 1 aliphatic heterocycles. The zero-order valence-corrected chi connectivity index (χ0v) is 12.7. The molecule has 2 aromatic carbocycles. The summed E-state index contributed by atoms with van der Waals surface area (Å²) in [6.07, 6.45) is 0.946. The van der Waals surface area contributed by atoms with Gasteiger partial charge >= 0.3 is 0 Å². The molecule has 0 amide bonds. The minimum Gasteiger partial charge on any atom is -0.489 e. The first-order chi connectivity index (χ1) is 10.3. The third-order valence-corrected chi connectivity index (χ3v) is 3.92. The molecule has 0 bridgehead atoms. The van der Waals surface area contributed by atoms with Crippen molar-refractivity contribution in [1.29, 1.82) is 0 Å². The maximum absolute atomic E-state index is 6.23. The van der Waals surface area contributed by atoms with Crippen LogP contribution in [0.2, 0.25) is 5.02 Å². The minimum atomic E-state index is 0.0591. The largest absolute Gasteiger partial charge is 0.489 e. The third kappa shape index (κ3) is 3.14. The number of ether oxygens (including phenoxy) is 2. The van der Waals surface area contributed by atoms with E-state index in [9.17, 15) is 0 Å². The molecule has 0 spiro atoms. The Morgan fingerprint density at radius 1 is 1.24 bits per heavy atom. The van der Waals surface area contributed by atoms with Gasteiger partial charge in [-0.2, -0.15) is 0 Å². The summed E-state index contributed by atoms with van der Waals surface area (Å²) in [7, 11) is 1.89. The molecule has 3 rings (SSSR count). The number of para-hydroxylation sites is 1. The van der Waals surface area contributed by atoms with Crippen LogP contribution in [0, 0.1) is 0 Å². The summed E-state index contributed by atoms with van der Waals surface area (Å²) in [5, 5.41) is 3.83. The van der Waals surface area contributed by atoms with E-state index in [0.717, 1.165) is 28.5 Å². The van der Waals surface area contributed by atoms with E-state index in [-0.39, 0.29) is 6.10 Å². The Kier molecular flexibility index (Phi) is 4.32. The predicted molar refractivity (Wildman–Crippen MR) is 84.3 cm³/mol. The fourth-order valence-electron chi connectivity index (χ4n) is 2.55. The summed E-state index contributed by atoms with van der Waals surface area (Å²) < 4.78 is 11.8. The van der Waals surface area contributed by atoms with E-state index >= 15 is 0 Å². The van der Waals surface area contributed by atoms with Crippen LogP contribution in [0.1, 0.15) is 11.1 Å². The van der Waals surface area contributed by atoms with Crippen molar-refractivity contribution in [3.63, 3.8) is 0 Å². The quantitative estimate of drug-likeness (QED) is 0.918. The molecule has 1 heterocycles. The van der Waals surface area contributed by atoms with E-state index in [1.165, 1.54) is 5.56 Å². The van der Waals surface area contributed by atoms with E-state index < -0.39 is 0 Å². The second-order valence-corrected chi connectivity index (χ2v) is 5.52. The van der Waals surface area contributed by atoms with Crippen molar-refractivity contribution in [3.05, 3.63) is 58.6 Å². The Morgan fingerprint density at radius 2 is 2.10 bits per heavy atom. The number of benzene rings is 2. The first kappa shape index (κ1) is 14.2. The zero-order chi connectivity index (χ0) is 14.7. The normalized spacial score (nSPS) is 16.4. The Bertz CT molecular complexity index is 605. The zero-order valence-electron chi connectivity index (χ0n) is 11.9. The first-order valence-corrected chi connectivity index (χ1v) is 7.45. The van der Waals surface area contributed by atoms with Crippen LogP contribution in [0.25, 0.3) is 0 Å².